The van der Waals surface area contributed by atoms with E-state index in [0.29, 0.717) is 23.0 Å². The van der Waals surface area contributed by atoms with Crippen LogP contribution in [0.15, 0.2) is 0 Å². The Morgan fingerprint density at radius 2 is 1.73 bits per heavy atom. The molecule has 4 aliphatic carbocycles. The SMILES string of the molecule is C[C@H](CC[C@@H]1OC1(C)C)C1CC[C@H]2C3CC4OC45C[C@@H](O)CC[C@]5(C)[C@H]3CC[C@]12C. The molecule has 2 saturated heterocycles. The number of hydrogen-bond donors (Lipinski definition) is 1. The third-order valence-electron chi connectivity index (χ3n) is 11.9. The fraction of sp³-hybridized carbons (Fsp3) is 1.00. The van der Waals surface area contributed by atoms with Crippen molar-refractivity contribution in [1.29, 1.82) is 0 Å². The molecule has 0 aromatic rings. The van der Waals surface area contributed by atoms with Crippen molar-refractivity contribution in [1.82, 2.24) is 0 Å². The highest BCUT2D eigenvalue weighted by molar-refractivity contribution is 5.24. The summed E-state index contributed by atoms with van der Waals surface area (Å²) in [7, 11) is 0. The van der Waals surface area contributed by atoms with Gasteiger partial charge in [-0.3, -0.25) is 0 Å². The summed E-state index contributed by atoms with van der Waals surface area (Å²) in [6.07, 6.45) is 13.4. The normalized spacial score (nSPS) is 58.8. The summed E-state index contributed by atoms with van der Waals surface area (Å²) in [4.78, 5) is 0. The van der Waals surface area contributed by atoms with Gasteiger partial charge in [0.15, 0.2) is 0 Å². The van der Waals surface area contributed by atoms with Gasteiger partial charge < -0.3 is 14.6 Å². The number of fused-ring (bicyclic) bond motifs is 4. The molecule has 0 radical (unpaired) electrons. The molecule has 3 heteroatoms. The highest BCUT2D eigenvalue weighted by Crippen LogP contribution is 2.74. The number of ether oxygens (including phenoxy) is 2. The van der Waals surface area contributed by atoms with Gasteiger partial charge >= 0.3 is 0 Å². The van der Waals surface area contributed by atoms with E-state index in [-0.39, 0.29) is 17.3 Å². The molecule has 30 heavy (non-hydrogen) atoms. The van der Waals surface area contributed by atoms with Crippen LogP contribution in [0, 0.1) is 40.4 Å². The summed E-state index contributed by atoms with van der Waals surface area (Å²) < 4.78 is 12.4. The minimum atomic E-state index is -0.134. The van der Waals surface area contributed by atoms with Crippen LogP contribution >= 0.6 is 0 Å². The lowest BCUT2D eigenvalue weighted by atomic mass is 9.44. The van der Waals surface area contributed by atoms with E-state index in [1.807, 2.05) is 0 Å². The van der Waals surface area contributed by atoms with Gasteiger partial charge in [-0.1, -0.05) is 20.8 Å². The average Bonchev–Trinajstić information content (AvgIpc) is 3.49. The average molecular weight is 417 g/mol. The van der Waals surface area contributed by atoms with E-state index in [0.717, 1.165) is 42.4 Å². The van der Waals surface area contributed by atoms with Crippen molar-refractivity contribution in [2.45, 2.75) is 128 Å². The quantitative estimate of drug-likeness (QED) is 0.595. The Labute approximate surface area is 183 Å². The van der Waals surface area contributed by atoms with Crippen LogP contribution in [0.2, 0.25) is 0 Å². The molecule has 2 aliphatic heterocycles. The van der Waals surface area contributed by atoms with Crippen molar-refractivity contribution < 1.29 is 14.6 Å². The monoisotopic (exact) mass is 416 g/mol. The minimum absolute atomic E-state index is 0.0297. The molecular weight excluding hydrogens is 372 g/mol. The Morgan fingerprint density at radius 1 is 0.967 bits per heavy atom. The Morgan fingerprint density at radius 3 is 2.47 bits per heavy atom. The van der Waals surface area contributed by atoms with Gasteiger partial charge in [-0.2, -0.15) is 0 Å². The van der Waals surface area contributed by atoms with Crippen LogP contribution in [0.3, 0.4) is 0 Å². The van der Waals surface area contributed by atoms with Crippen molar-refractivity contribution in [3.05, 3.63) is 0 Å². The van der Waals surface area contributed by atoms with E-state index in [1.54, 1.807) is 0 Å². The van der Waals surface area contributed by atoms with Crippen LogP contribution in [0.25, 0.3) is 0 Å². The number of rotatable bonds is 4. The molecule has 3 nitrogen and oxygen atoms in total. The summed E-state index contributed by atoms with van der Waals surface area (Å²) in [5.74, 6) is 4.27. The van der Waals surface area contributed by atoms with E-state index in [4.69, 9.17) is 9.47 Å². The number of hydrogen-bond acceptors (Lipinski definition) is 3. The second-order valence-electron chi connectivity index (χ2n) is 13.4. The van der Waals surface area contributed by atoms with E-state index < -0.39 is 0 Å². The standard InChI is InChI=1S/C27H44O3/c1-16(6-9-22-24(2,3)29-22)19-7-8-20-18-14-23-27(30-23)15-17(28)10-13-26(27,5)21(18)11-12-25(19,20)4/h16-23,28H,6-15H2,1-5H3/t16-,17+,18?,19?,20+,21+,22+,23?,25-,26-,27?/m1/s1. The largest absolute Gasteiger partial charge is 0.393 e. The van der Waals surface area contributed by atoms with Gasteiger partial charge in [0.05, 0.1) is 23.9 Å². The summed E-state index contributed by atoms with van der Waals surface area (Å²) >= 11 is 0. The summed E-state index contributed by atoms with van der Waals surface area (Å²) in [5, 5.41) is 10.4. The predicted octanol–water partition coefficient (Wildman–Crippen LogP) is 5.73. The molecule has 6 aliphatic rings. The maximum Gasteiger partial charge on any atom is 0.103 e. The highest BCUT2D eigenvalue weighted by atomic mass is 16.6. The topological polar surface area (TPSA) is 45.3 Å². The lowest BCUT2D eigenvalue weighted by Gasteiger charge is -2.59. The van der Waals surface area contributed by atoms with Crippen molar-refractivity contribution in [2.24, 2.45) is 40.4 Å². The third-order valence-corrected chi connectivity index (χ3v) is 11.9. The van der Waals surface area contributed by atoms with Crippen LogP contribution in [0.5, 0.6) is 0 Å². The van der Waals surface area contributed by atoms with Gasteiger partial charge in [0.2, 0.25) is 0 Å². The maximum absolute atomic E-state index is 10.4. The number of aliphatic hydroxyl groups is 1. The maximum atomic E-state index is 10.4. The van der Waals surface area contributed by atoms with E-state index in [9.17, 15) is 5.11 Å². The molecule has 4 unspecified atom stereocenters. The van der Waals surface area contributed by atoms with E-state index >= 15 is 0 Å². The van der Waals surface area contributed by atoms with E-state index in [1.165, 1.54) is 51.4 Å². The molecule has 6 fully saturated rings. The highest BCUT2D eigenvalue weighted by Gasteiger charge is 2.76. The lowest BCUT2D eigenvalue weighted by Crippen LogP contribution is -2.58. The lowest BCUT2D eigenvalue weighted by molar-refractivity contribution is -0.116. The molecule has 4 saturated carbocycles. The molecule has 11 atom stereocenters. The van der Waals surface area contributed by atoms with Gasteiger partial charge in [0.25, 0.3) is 0 Å². The van der Waals surface area contributed by atoms with Crippen molar-refractivity contribution in [3.8, 4) is 0 Å². The first kappa shape index (κ1) is 20.5. The molecule has 0 bridgehead atoms. The van der Waals surface area contributed by atoms with Gasteiger partial charge in [0, 0.05) is 11.8 Å². The molecule has 6 rings (SSSR count). The first-order valence-corrected chi connectivity index (χ1v) is 13.1. The second-order valence-corrected chi connectivity index (χ2v) is 13.4. The van der Waals surface area contributed by atoms with Gasteiger partial charge in [0.1, 0.15) is 5.60 Å². The zero-order valence-corrected chi connectivity index (χ0v) is 20.0. The zero-order valence-electron chi connectivity index (χ0n) is 20.0. The number of aliphatic hydroxyl groups excluding tert-OH is 1. The molecule has 170 valence electrons. The van der Waals surface area contributed by atoms with Crippen molar-refractivity contribution >= 4 is 0 Å². The van der Waals surface area contributed by atoms with Crippen LogP contribution in [0.1, 0.15) is 98.8 Å². The van der Waals surface area contributed by atoms with E-state index in [2.05, 4.69) is 34.6 Å². The Kier molecular flexibility index (Phi) is 4.27. The van der Waals surface area contributed by atoms with Crippen molar-refractivity contribution in [2.75, 3.05) is 0 Å². The van der Waals surface area contributed by atoms with Crippen molar-refractivity contribution in [3.63, 3.8) is 0 Å². The summed E-state index contributed by atoms with van der Waals surface area (Å²) in [6.45, 7) is 12.2. The minimum Gasteiger partial charge on any atom is -0.393 e. The molecule has 2 heterocycles. The van der Waals surface area contributed by atoms with Gasteiger partial charge in [-0.15, -0.1) is 0 Å². The van der Waals surface area contributed by atoms with Crippen LogP contribution < -0.4 is 0 Å². The fourth-order valence-corrected chi connectivity index (χ4v) is 9.99. The molecule has 0 aromatic heterocycles. The first-order chi connectivity index (χ1) is 14.1. The van der Waals surface area contributed by atoms with Crippen LogP contribution in [0.4, 0.5) is 0 Å². The van der Waals surface area contributed by atoms with Gasteiger partial charge in [-0.05, 0) is 107 Å². The van der Waals surface area contributed by atoms with Crippen LogP contribution in [-0.4, -0.2) is 34.6 Å². The fourth-order valence-electron chi connectivity index (χ4n) is 9.99. The predicted molar refractivity (Wildman–Crippen MR) is 118 cm³/mol. The smallest absolute Gasteiger partial charge is 0.103 e. The molecule has 1 N–H and O–H groups in total. The number of epoxide rings is 2. The Balaban J connectivity index is 1.19. The molecule has 0 amide bonds. The Bertz CT molecular complexity index is 719. The zero-order chi connectivity index (χ0) is 21.1. The third kappa shape index (κ3) is 2.61. The Hall–Kier alpha value is -0.120. The summed E-state index contributed by atoms with van der Waals surface area (Å²) in [5.41, 5.74) is 1.00. The second kappa shape index (κ2) is 6.26. The molecule has 0 aromatic carbocycles. The first-order valence-electron chi connectivity index (χ1n) is 13.1. The molecule has 1 spiro atoms. The molecular formula is C27H44O3. The van der Waals surface area contributed by atoms with Crippen LogP contribution in [-0.2, 0) is 9.47 Å². The van der Waals surface area contributed by atoms with Gasteiger partial charge in [-0.25, -0.2) is 0 Å². The summed E-state index contributed by atoms with van der Waals surface area (Å²) in [6, 6.07) is 0.